The fourth-order valence-electron chi connectivity index (χ4n) is 3.11. The summed E-state index contributed by atoms with van der Waals surface area (Å²) in [6.45, 7) is 5.27. The van der Waals surface area contributed by atoms with Crippen molar-refractivity contribution in [2.24, 2.45) is 5.92 Å². The quantitative estimate of drug-likeness (QED) is 0.594. The van der Waals surface area contributed by atoms with Crippen LogP contribution in [-0.2, 0) is 10.0 Å². The van der Waals surface area contributed by atoms with Gasteiger partial charge in [0.25, 0.3) is 5.69 Å². The zero-order valence-corrected chi connectivity index (χ0v) is 16.5. The predicted molar refractivity (Wildman–Crippen MR) is 99.8 cm³/mol. The van der Waals surface area contributed by atoms with Crippen LogP contribution in [-0.4, -0.2) is 44.3 Å². The lowest BCUT2D eigenvalue weighted by Crippen LogP contribution is -2.39. The monoisotopic (exact) mass is 391 g/mol. The second kappa shape index (κ2) is 8.93. The largest absolute Gasteiger partial charge is 0.320 e. The van der Waals surface area contributed by atoms with Crippen LogP contribution in [0, 0.1) is 29.9 Å². The third-order valence-electron chi connectivity index (χ3n) is 4.81. The molecule has 1 aliphatic rings. The molecule has 0 atom stereocenters. The van der Waals surface area contributed by atoms with Crippen molar-refractivity contribution >= 4 is 28.1 Å². The SMILES string of the molecule is CNCCC1CCN(S(=O)(=O)c2cc([N+](=O)[O-])cc(C)c2C)CC1.Cl. The van der Waals surface area contributed by atoms with E-state index in [2.05, 4.69) is 5.32 Å². The fraction of sp³-hybridized carbons (Fsp3) is 0.625. The van der Waals surface area contributed by atoms with Crippen molar-refractivity contribution in [1.82, 2.24) is 9.62 Å². The summed E-state index contributed by atoms with van der Waals surface area (Å²) in [6, 6.07) is 2.60. The van der Waals surface area contributed by atoms with Gasteiger partial charge in [0.15, 0.2) is 0 Å². The van der Waals surface area contributed by atoms with Gasteiger partial charge in [0.05, 0.1) is 9.82 Å². The van der Waals surface area contributed by atoms with E-state index in [1.165, 1.54) is 16.4 Å². The number of non-ortho nitro benzene ring substituents is 1. The lowest BCUT2D eigenvalue weighted by atomic mass is 9.95. The highest BCUT2D eigenvalue weighted by Gasteiger charge is 2.31. The number of hydrogen-bond donors (Lipinski definition) is 1. The number of nitrogens with one attached hydrogen (secondary N) is 1. The molecular formula is C16H26ClN3O4S. The summed E-state index contributed by atoms with van der Waals surface area (Å²) < 4.78 is 27.4. The smallest absolute Gasteiger partial charge is 0.271 e. The number of halogens is 1. The number of sulfonamides is 1. The van der Waals surface area contributed by atoms with Gasteiger partial charge in [0.2, 0.25) is 10.0 Å². The van der Waals surface area contributed by atoms with Gasteiger partial charge in [-0.3, -0.25) is 10.1 Å². The molecule has 2 rings (SSSR count). The second-order valence-electron chi connectivity index (χ2n) is 6.38. The Labute approximate surface area is 155 Å². The number of benzene rings is 1. The van der Waals surface area contributed by atoms with Gasteiger partial charge in [-0.15, -0.1) is 12.4 Å². The maximum Gasteiger partial charge on any atom is 0.271 e. The number of hydrogen-bond acceptors (Lipinski definition) is 5. The van der Waals surface area contributed by atoms with Crippen LogP contribution in [0.15, 0.2) is 17.0 Å². The van der Waals surface area contributed by atoms with E-state index in [0.717, 1.165) is 25.8 Å². The first-order valence-corrected chi connectivity index (χ1v) is 9.61. The molecular weight excluding hydrogens is 366 g/mol. The topological polar surface area (TPSA) is 92.6 Å². The first-order valence-electron chi connectivity index (χ1n) is 8.17. The third kappa shape index (κ3) is 4.91. The highest BCUT2D eigenvalue weighted by atomic mass is 35.5. The van der Waals surface area contributed by atoms with Crippen LogP contribution in [0.1, 0.15) is 30.4 Å². The molecule has 1 aromatic carbocycles. The number of nitro benzene ring substituents is 1. The molecule has 25 heavy (non-hydrogen) atoms. The molecule has 9 heteroatoms. The molecule has 0 aromatic heterocycles. The van der Waals surface area contributed by atoms with Gasteiger partial charge < -0.3 is 5.32 Å². The Bertz CT molecular complexity index is 716. The van der Waals surface area contributed by atoms with Gasteiger partial charge in [-0.25, -0.2) is 8.42 Å². The molecule has 0 spiro atoms. The second-order valence-corrected chi connectivity index (χ2v) is 8.29. The van der Waals surface area contributed by atoms with Crippen LogP contribution in [0.5, 0.6) is 0 Å². The number of rotatable bonds is 6. The highest BCUT2D eigenvalue weighted by molar-refractivity contribution is 7.89. The predicted octanol–water partition coefficient (Wildman–Crippen LogP) is 2.64. The summed E-state index contributed by atoms with van der Waals surface area (Å²) >= 11 is 0. The molecule has 1 fully saturated rings. The number of nitrogens with zero attached hydrogens (tertiary/aromatic N) is 2. The van der Waals surface area contributed by atoms with Gasteiger partial charge in [0.1, 0.15) is 0 Å². The van der Waals surface area contributed by atoms with E-state index < -0.39 is 14.9 Å². The molecule has 0 saturated carbocycles. The van der Waals surface area contributed by atoms with Crippen LogP contribution < -0.4 is 5.32 Å². The van der Waals surface area contributed by atoms with E-state index in [0.29, 0.717) is 30.1 Å². The van der Waals surface area contributed by atoms with E-state index in [1.807, 2.05) is 7.05 Å². The Hall–Kier alpha value is -1.22. The molecule has 0 bridgehead atoms. The van der Waals surface area contributed by atoms with Gasteiger partial charge in [-0.05, 0) is 63.7 Å². The Balaban J connectivity index is 0.00000312. The molecule has 1 N–H and O–H groups in total. The summed E-state index contributed by atoms with van der Waals surface area (Å²) in [5.41, 5.74) is 1.02. The number of piperidine rings is 1. The van der Waals surface area contributed by atoms with Crippen LogP contribution in [0.2, 0.25) is 0 Å². The molecule has 1 aromatic rings. The minimum absolute atomic E-state index is 0. The van der Waals surface area contributed by atoms with Crippen molar-refractivity contribution in [3.05, 3.63) is 33.4 Å². The van der Waals surface area contributed by atoms with Crippen molar-refractivity contribution in [3.8, 4) is 0 Å². The molecule has 1 saturated heterocycles. The Morgan fingerprint density at radius 3 is 2.40 bits per heavy atom. The molecule has 0 amide bonds. The minimum Gasteiger partial charge on any atom is -0.320 e. The van der Waals surface area contributed by atoms with Gasteiger partial charge in [-0.2, -0.15) is 4.31 Å². The molecule has 7 nitrogen and oxygen atoms in total. The van der Waals surface area contributed by atoms with Crippen LogP contribution in [0.25, 0.3) is 0 Å². The summed E-state index contributed by atoms with van der Waals surface area (Å²) in [7, 11) is -1.79. The molecule has 0 radical (unpaired) electrons. The normalized spacial score (nSPS) is 16.4. The summed E-state index contributed by atoms with van der Waals surface area (Å²) in [6.07, 6.45) is 2.70. The first-order chi connectivity index (χ1) is 11.3. The van der Waals surface area contributed by atoms with Crippen molar-refractivity contribution in [2.75, 3.05) is 26.7 Å². The van der Waals surface area contributed by atoms with E-state index in [4.69, 9.17) is 0 Å². The first kappa shape index (κ1) is 21.8. The van der Waals surface area contributed by atoms with Crippen molar-refractivity contribution in [2.45, 2.75) is 38.0 Å². The molecule has 1 aliphatic heterocycles. The van der Waals surface area contributed by atoms with E-state index >= 15 is 0 Å². The summed E-state index contributed by atoms with van der Waals surface area (Å²) in [4.78, 5) is 10.6. The maximum absolute atomic E-state index is 12.9. The average molecular weight is 392 g/mol. The van der Waals surface area contributed by atoms with Crippen LogP contribution in [0.4, 0.5) is 5.69 Å². The Kier molecular flexibility index (Phi) is 7.80. The van der Waals surface area contributed by atoms with E-state index in [1.54, 1.807) is 13.8 Å². The molecule has 142 valence electrons. The van der Waals surface area contributed by atoms with Gasteiger partial charge in [0, 0.05) is 25.2 Å². The van der Waals surface area contributed by atoms with Crippen LogP contribution in [0.3, 0.4) is 0 Å². The van der Waals surface area contributed by atoms with E-state index in [-0.39, 0.29) is 23.0 Å². The summed E-state index contributed by atoms with van der Waals surface area (Å²) in [5.74, 6) is 0.525. The van der Waals surface area contributed by atoms with Crippen molar-refractivity contribution < 1.29 is 13.3 Å². The minimum atomic E-state index is -3.70. The summed E-state index contributed by atoms with van der Waals surface area (Å²) in [5, 5.41) is 14.2. The van der Waals surface area contributed by atoms with Crippen LogP contribution >= 0.6 is 12.4 Å². The number of nitro groups is 1. The molecule has 0 unspecified atom stereocenters. The highest BCUT2D eigenvalue weighted by Crippen LogP contribution is 2.30. The maximum atomic E-state index is 12.9. The Morgan fingerprint density at radius 2 is 1.88 bits per heavy atom. The zero-order chi connectivity index (χ0) is 17.9. The molecule has 1 heterocycles. The fourth-order valence-corrected chi connectivity index (χ4v) is 4.90. The van der Waals surface area contributed by atoms with Crippen molar-refractivity contribution in [3.63, 3.8) is 0 Å². The third-order valence-corrected chi connectivity index (χ3v) is 6.83. The van der Waals surface area contributed by atoms with E-state index in [9.17, 15) is 18.5 Å². The Morgan fingerprint density at radius 1 is 1.28 bits per heavy atom. The van der Waals surface area contributed by atoms with Gasteiger partial charge >= 0.3 is 0 Å². The molecule has 0 aliphatic carbocycles. The average Bonchev–Trinajstić information content (AvgIpc) is 2.55. The lowest BCUT2D eigenvalue weighted by Gasteiger charge is -2.31. The van der Waals surface area contributed by atoms with Crippen molar-refractivity contribution in [1.29, 1.82) is 0 Å². The number of aryl methyl sites for hydroxylation is 1. The lowest BCUT2D eigenvalue weighted by molar-refractivity contribution is -0.385. The standard InChI is InChI=1S/C16H25N3O4S.ClH/c1-12-10-15(19(20)21)11-16(13(12)2)24(22,23)18-8-5-14(6-9-18)4-7-17-3;/h10-11,14,17H,4-9H2,1-3H3;1H. The zero-order valence-electron chi connectivity index (χ0n) is 14.8. The van der Waals surface area contributed by atoms with Gasteiger partial charge in [-0.1, -0.05) is 0 Å².